The summed E-state index contributed by atoms with van der Waals surface area (Å²) in [6.45, 7) is 4.08. The summed E-state index contributed by atoms with van der Waals surface area (Å²) in [7, 11) is 2.30. The highest BCUT2D eigenvalue weighted by Crippen LogP contribution is 2.29. The fourth-order valence-corrected chi connectivity index (χ4v) is 3.33. The van der Waals surface area contributed by atoms with Crippen molar-refractivity contribution in [2.45, 2.75) is 44.6 Å². The summed E-state index contributed by atoms with van der Waals surface area (Å²) in [5, 5.41) is 0. The predicted molar refractivity (Wildman–Crippen MR) is 71.0 cm³/mol. The smallest absolute Gasteiger partial charge is 0.0480 e. The molecule has 0 bridgehead atoms. The van der Waals surface area contributed by atoms with E-state index in [-0.39, 0.29) is 0 Å². The molecule has 3 heteroatoms. The van der Waals surface area contributed by atoms with Gasteiger partial charge in [0.1, 0.15) is 0 Å². The second-order valence-corrected chi connectivity index (χ2v) is 5.91. The highest BCUT2D eigenvalue weighted by Gasteiger charge is 2.24. The van der Waals surface area contributed by atoms with Crippen molar-refractivity contribution in [3.8, 4) is 0 Å². The molecule has 0 amide bonds. The lowest BCUT2D eigenvalue weighted by Crippen LogP contribution is -2.40. The van der Waals surface area contributed by atoms with Gasteiger partial charge < -0.3 is 15.4 Å². The van der Waals surface area contributed by atoms with E-state index in [0.717, 1.165) is 37.6 Å². The van der Waals surface area contributed by atoms with Crippen molar-refractivity contribution in [3.63, 3.8) is 0 Å². The molecule has 2 N–H and O–H groups in total. The molecule has 0 atom stereocenters. The van der Waals surface area contributed by atoms with Crippen molar-refractivity contribution in [2.24, 2.45) is 17.6 Å². The van der Waals surface area contributed by atoms with Gasteiger partial charge in [0.2, 0.25) is 0 Å². The molecule has 0 aromatic carbocycles. The summed E-state index contributed by atoms with van der Waals surface area (Å²) in [5.74, 6) is 1.71. The van der Waals surface area contributed by atoms with Gasteiger partial charge in [0.05, 0.1) is 0 Å². The SMILES string of the molecule is CN(CC1CCC(CN)CC1)C1CCOCC1. The van der Waals surface area contributed by atoms with Crippen molar-refractivity contribution in [2.75, 3.05) is 33.4 Å². The van der Waals surface area contributed by atoms with Crippen LogP contribution in [0, 0.1) is 11.8 Å². The van der Waals surface area contributed by atoms with E-state index in [0.29, 0.717) is 0 Å². The Morgan fingerprint density at radius 3 is 2.18 bits per heavy atom. The van der Waals surface area contributed by atoms with Gasteiger partial charge in [0, 0.05) is 25.8 Å². The van der Waals surface area contributed by atoms with Crippen molar-refractivity contribution >= 4 is 0 Å². The first kappa shape index (κ1) is 13.3. The summed E-state index contributed by atoms with van der Waals surface area (Å²) in [6, 6.07) is 0.760. The van der Waals surface area contributed by atoms with E-state index in [1.165, 1.54) is 45.1 Å². The molecule has 1 heterocycles. The molecule has 0 spiro atoms. The van der Waals surface area contributed by atoms with E-state index in [2.05, 4.69) is 11.9 Å². The van der Waals surface area contributed by atoms with E-state index < -0.39 is 0 Å². The Balaban J connectivity index is 1.69. The normalized spacial score (nSPS) is 31.9. The van der Waals surface area contributed by atoms with E-state index in [4.69, 9.17) is 10.5 Å². The molecule has 17 heavy (non-hydrogen) atoms. The fourth-order valence-electron chi connectivity index (χ4n) is 3.33. The Morgan fingerprint density at radius 1 is 1.00 bits per heavy atom. The molecule has 0 aromatic heterocycles. The second-order valence-electron chi connectivity index (χ2n) is 5.91. The van der Waals surface area contributed by atoms with E-state index in [1.54, 1.807) is 0 Å². The van der Waals surface area contributed by atoms with Gasteiger partial charge in [-0.3, -0.25) is 0 Å². The third-order valence-corrected chi connectivity index (χ3v) is 4.66. The van der Waals surface area contributed by atoms with E-state index >= 15 is 0 Å². The number of hydrogen-bond donors (Lipinski definition) is 1. The maximum atomic E-state index is 5.74. The zero-order valence-electron chi connectivity index (χ0n) is 11.2. The zero-order chi connectivity index (χ0) is 12.1. The second kappa shape index (κ2) is 6.72. The zero-order valence-corrected chi connectivity index (χ0v) is 11.2. The number of nitrogens with zero attached hydrogens (tertiary/aromatic N) is 1. The maximum absolute atomic E-state index is 5.74. The topological polar surface area (TPSA) is 38.5 Å². The van der Waals surface area contributed by atoms with Crippen molar-refractivity contribution in [1.82, 2.24) is 4.90 Å². The average molecular weight is 240 g/mol. The Kier molecular flexibility index (Phi) is 5.26. The quantitative estimate of drug-likeness (QED) is 0.815. The minimum atomic E-state index is 0.760. The first-order valence-corrected chi connectivity index (χ1v) is 7.27. The number of ether oxygens (including phenoxy) is 1. The minimum absolute atomic E-state index is 0.760. The fraction of sp³-hybridized carbons (Fsp3) is 1.00. The molecule has 1 saturated heterocycles. The molecule has 2 fully saturated rings. The van der Waals surface area contributed by atoms with Crippen LogP contribution in [0.15, 0.2) is 0 Å². The molecule has 3 nitrogen and oxygen atoms in total. The molecule has 2 aliphatic rings. The lowest BCUT2D eigenvalue weighted by Gasteiger charge is -2.36. The number of hydrogen-bond acceptors (Lipinski definition) is 3. The molecular formula is C14H28N2O. The van der Waals surface area contributed by atoms with E-state index in [1.807, 2.05) is 0 Å². The predicted octanol–water partition coefficient (Wildman–Crippen LogP) is 1.86. The van der Waals surface area contributed by atoms with Gasteiger partial charge in [-0.1, -0.05) is 0 Å². The Morgan fingerprint density at radius 2 is 1.59 bits per heavy atom. The van der Waals surface area contributed by atoms with Crippen LogP contribution >= 0.6 is 0 Å². The molecular weight excluding hydrogens is 212 g/mol. The lowest BCUT2D eigenvalue weighted by atomic mass is 9.81. The van der Waals surface area contributed by atoms with Crippen LogP contribution in [0.1, 0.15) is 38.5 Å². The molecule has 0 unspecified atom stereocenters. The van der Waals surface area contributed by atoms with Crippen LogP contribution in [0.5, 0.6) is 0 Å². The highest BCUT2D eigenvalue weighted by atomic mass is 16.5. The Hall–Kier alpha value is -0.120. The first-order valence-electron chi connectivity index (χ1n) is 7.27. The van der Waals surface area contributed by atoms with Crippen molar-refractivity contribution < 1.29 is 4.74 Å². The van der Waals surface area contributed by atoms with Gasteiger partial charge in [-0.2, -0.15) is 0 Å². The summed E-state index contributed by atoms with van der Waals surface area (Å²) in [6.07, 6.45) is 7.90. The summed E-state index contributed by atoms with van der Waals surface area (Å²) < 4.78 is 5.43. The minimum Gasteiger partial charge on any atom is -0.381 e. The van der Waals surface area contributed by atoms with Crippen LogP contribution in [0.25, 0.3) is 0 Å². The van der Waals surface area contributed by atoms with Crippen LogP contribution in [0.3, 0.4) is 0 Å². The van der Waals surface area contributed by atoms with Gasteiger partial charge in [-0.25, -0.2) is 0 Å². The Bertz CT molecular complexity index is 208. The number of nitrogens with two attached hydrogens (primary N) is 1. The molecule has 1 aliphatic heterocycles. The average Bonchev–Trinajstić information content (AvgIpc) is 2.40. The molecule has 0 aromatic rings. The van der Waals surface area contributed by atoms with Crippen molar-refractivity contribution in [1.29, 1.82) is 0 Å². The summed E-state index contributed by atoms with van der Waals surface area (Å²) in [5.41, 5.74) is 5.74. The highest BCUT2D eigenvalue weighted by molar-refractivity contribution is 4.78. The standard InChI is InChI=1S/C14H28N2O/c1-16(14-6-8-17-9-7-14)11-13-4-2-12(10-15)3-5-13/h12-14H,2-11,15H2,1H3. The van der Waals surface area contributed by atoms with Crippen molar-refractivity contribution in [3.05, 3.63) is 0 Å². The van der Waals surface area contributed by atoms with Crippen LogP contribution in [0.2, 0.25) is 0 Å². The third-order valence-electron chi connectivity index (χ3n) is 4.66. The van der Waals surface area contributed by atoms with E-state index in [9.17, 15) is 0 Å². The Labute approximate surface area is 106 Å². The summed E-state index contributed by atoms with van der Waals surface area (Å²) in [4.78, 5) is 2.58. The molecule has 1 aliphatic carbocycles. The van der Waals surface area contributed by atoms with Gasteiger partial charge in [0.15, 0.2) is 0 Å². The van der Waals surface area contributed by atoms with Crippen LogP contribution in [0.4, 0.5) is 0 Å². The molecule has 0 radical (unpaired) electrons. The largest absolute Gasteiger partial charge is 0.381 e. The van der Waals surface area contributed by atoms with Gasteiger partial charge in [0.25, 0.3) is 0 Å². The molecule has 2 rings (SSSR count). The summed E-state index contributed by atoms with van der Waals surface area (Å²) >= 11 is 0. The molecule has 100 valence electrons. The number of rotatable bonds is 4. The molecule has 1 saturated carbocycles. The monoisotopic (exact) mass is 240 g/mol. The van der Waals surface area contributed by atoms with Crippen LogP contribution < -0.4 is 5.73 Å². The van der Waals surface area contributed by atoms with Crippen LogP contribution in [-0.2, 0) is 4.74 Å². The van der Waals surface area contributed by atoms with Gasteiger partial charge in [-0.05, 0) is 64.0 Å². The van der Waals surface area contributed by atoms with Crippen LogP contribution in [-0.4, -0.2) is 44.3 Å². The maximum Gasteiger partial charge on any atom is 0.0480 e. The lowest BCUT2D eigenvalue weighted by molar-refractivity contribution is 0.0352. The first-order chi connectivity index (χ1) is 8.29. The van der Waals surface area contributed by atoms with Gasteiger partial charge in [-0.15, -0.1) is 0 Å². The third kappa shape index (κ3) is 3.94. The van der Waals surface area contributed by atoms with Gasteiger partial charge >= 0.3 is 0 Å².